The van der Waals surface area contributed by atoms with E-state index < -0.39 is 36.2 Å². The topological polar surface area (TPSA) is 78.5 Å². The van der Waals surface area contributed by atoms with Crippen molar-refractivity contribution in [3.05, 3.63) is 30.1 Å². The minimum atomic E-state index is -0.612. The third kappa shape index (κ3) is 3.36. The Morgan fingerprint density at radius 2 is 2.14 bits per heavy atom. The number of imide groups is 1. The Hall–Kier alpha value is -2.44. The minimum Gasteiger partial charge on any atom is -0.326 e. The third-order valence-electron chi connectivity index (χ3n) is 3.13. The summed E-state index contributed by atoms with van der Waals surface area (Å²) in [6.07, 6.45) is 0. The van der Waals surface area contributed by atoms with Crippen LogP contribution in [0.25, 0.3) is 0 Å². The van der Waals surface area contributed by atoms with Gasteiger partial charge in [0, 0.05) is 5.69 Å². The largest absolute Gasteiger partial charge is 0.326 e. The van der Waals surface area contributed by atoms with Gasteiger partial charge >= 0.3 is 6.03 Å². The Kier molecular flexibility index (Phi) is 4.21. The van der Waals surface area contributed by atoms with Gasteiger partial charge in [0.1, 0.15) is 18.4 Å². The lowest BCUT2D eigenvalue weighted by Crippen LogP contribution is -2.39. The van der Waals surface area contributed by atoms with Gasteiger partial charge in [0.2, 0.25) is 5.91 Å². The van der Waals surface area contributed by atoms with E-state index >= 15 is 0 Å². The SMILES string of the molecule is CC(C)C1NC(=O)N(CC(=O)Nc2cccc(F)c2)C1=O. The minimum absolute atomic E-state index is 0.0577. The molecule has 0 bridgehead atoms. The molecule has 112 valence electrons. The van der Waals surface area contributed by atoms with Crippen molar-refractivity contribution in [3.63, 3.8) is 0 Å². The Morgan fingerprint density at radius 3 is 2.71 bits per heavy atom. The molecule has 1 aliphatic heterocycles. The summed E-state index contributed by atoms with van der Waals surface area (Å²) in [5.41, 5.74) is 0.271. The number of anilines is 1. The molecular formula is C14H16FN3O3. The molecule has 1 atom stereocenters. The molecule has 0 aliphatic carbocycles. The lowest BCUT2D eigenvalue weighted by Gasteiger charge is -2.14. The Bertz CT molecular complexity index is 589. The van der Waals surface area contributed by atoms with E-state index in [1.165, 1.54) is 18.2 Å². The molecule has 0 radical (unpaired) electrons. The smallest absolute Gasteiger partial charge is 0.325 e. The molecule has 21 heavy (non-hydrogen) atoms. The molecule has 1 aliphatic rings. The monoisotopic (exact) mass is 293 g/mol. The number of rotatable bonds is 4. The van der Waals surface area contributed by atoms with Crippen molar-refractivity contribution in [2.24, 2.45) is 5.92 Å². The Labute approximate surface area is 121 Å². The molecule has 1 saturated heterocycles. The van der Waals surface area contributed by atoms with Gasteiger partial charge < -0.3 is 10.6 Å². The van der Waals surface area contributed by atoms with Crippen LogP contribution in [0.2, 0.25) is 0 Å². The summed E-state index contributed by atoms with van der Waals surface area (Å²) >= 11 is 0. The number of carbonyl (C=O) groups is 3. The molecule has 0 saturated carbocycles. The van der Waals surface area contributed by atoms with E-state index in [9.17, 15) is 18.8 Å². The van der Waals surface area contributed by atoms with Crippen molar-refractivity contribution in [2.45, 2.75) is 19.9 Å². The molecule has 7 heteroatoms. The highest BCUT2D eigenvalue weighted by Crippen LogP contribution is 2.14. The van der Waals surface area contributed by atoms with E-state index in [1.54, 1.807) is 13.8 Å². The van der Waals surface area contributed by atoms with E-state index in [4.69, 9.17) is 0 Å². The van der Waals surface area contributed by atoms with Gasteiger partial charge in [-0.25, -0.2) is 9.18 Å². The van der Waals surface area contributed by atoms with Crippen LogP contribution in [0, 0.1) is 11.7 Å². The number of nitrogens with zero attached hydrogens (tertiary/aromatic N) is 1. The highest BCUT2D eigenvalue weighted by atomic mass is 19.1. The highest BCUT2D eigenvalue weighted by Gasteiger charge is 2.40. The standard InChI is InChI=1S/C14H16FN3O3/c1-8(2)12-13(20)18(14(21)17-12)7-11(19)16-10-5-3-4-9(15)6-10/h3-6,8,12H,7H2,1-2H3,(H,16,19)(H,17,21). The highest BCUT2D eigenvalue weighted by molar-refractivity contribution is 6.08. The van der Waals surface area contributed by atoms with E-state index in [0.29, 0.717) is 0 Å². The molecule has 0 aromatic heterocycles. The predicted molar refractivity (Wildman–Crippen MR) is 73.9 cm³/mol. The number of nitrogens with one attached hydrogen (secondary N) is 2. The normalized spacial score (nSPS) is 18.1. The average Bonchev–Trinajstić information content (AvgIpc) is 2.67. The maximum Gasteiger partial charge on any atom is 0.325 e. The van der Waals surface area contributed by atoms with E-state index in [-0.39, 0.29) is 11.6 Å². The maximum absolute atomic E-state index is 13.0. The Morgan fingerprint density at radius 1 is 1.43 bits per heavy atom. The zero-order valence-corrected chi connectivity index (χ0v) is 11.7. The zero-order valence-electron chi connectivity index (χ0n) is 11.7. The first kappa shape index (κ1) is 15.0. The molecule has 1 aromatic carbocycles. The second-order valence-electron chi connectivity index (χ2n) is 5.15. The summed E-state index contributed by atoms with van der Waals surface area (Å²) in [7, 11) is 0. The summed E-state index contributed by atoms with van der Waals surface area (Å²) in [5, 5.41) is 4.97. The fourth-order valence-corrected chi connectivity index (χ4v) is 2.05. The van der Waals surface area contributed by atoms with Gasteiger partial charge in [-0.05, 0) is 24.1 Å². The number of benzene rings is 1. The fourth-order valence-electron chi connectivity index (χ4n) is 2.05. The van der Waals surface area contributed by atoms with Crippen LogP contribution in [0.1, 0.15) is 13.8 Å². The predicted octanol–water partition coefficient (Wildman–Crippen LogP) is 1.34. The molecule has 1 unspecified atom stereocenters. The summed E-state index contributed by atoms with van der Waals surface area (Å²) in [4.78, 5) is 36.4. The van der Waals surface area contributed by atoms with E-state index in [2.05, 4.69) is 10.6 Å². The quantitative estimate of drug-likeness (QED) is 0.822. The van der Waals surface area contributed by atoms with Crippen molar-refractivity contribution in [3.8, 4) is 0 Å². The number of hydrogen-bond donors (Lipinski definition) is 2. The van der Waals surface area contributed by atoms with Gasteiger partial charge in [0.05, 0.1) is 0 Å². The lowest BCUT2D eigenvalue weighted by molar-refractivity contribution is -0.131. The summed E-state index contributed by atoms with van der Waals surface area (Å²) in [5.74, 6) is -1.53. The molecule has 6 nitrogen and oxygen atoms in total. The van der Waals surface area contributed by atoms with E-state index in [1.807, 2.05) is 0 Å². The van der Waals surface area contributed by atoms with Crippen molar-refractivity contribution < 1.29 is 18.8 Å². The van der Waals surface area contributed by atoms with Crippen LogP contribution in [0.15, 0.2) is 24.3 Å². The molecule has 4 amide bonds. The van der Waals surface area contributed by atoms with Crippen molar-refractivity contribution >= 4 is 23.5 Å². The second-order valence-corrected chi connectivity index (χ2v) is 5.15. The van der Waals surface area contributed by atoms with Crippen LogP contribution in [0.3, 0.4) is 0 Å². The van der Waals surface area contributed by atoms with Crippen LogP contribution in [0.4, 0.5) is 14.9 Å². The number of hydrogen-bond acceptors (Lipinski definition) is 3. The van der Waals surface area contributed by atoms with Gasteiger partial charge in [0.15, 0.2) is 0 Å². The summed E-state index contributed by atoms with van der Waals surface area (Å²) in [6, 6.07) is 4.17. The maximum atomic E-state index is 13.0. The fraction of sp³-hybridized carbons (Fsp3) is 0.357. The zero-order chi connectivity index (χ0) is 15.6. The summed E-state index contributed by atoms with van der Waals surface area (Å²) < 4.78 is 13.0. The number of amides is 4. The molecule has 1 fully saturated rings. The number of halogens is 1. The van der Waals surface area contributed by atoms with E-state index in [0.717, 1.165) is 11.0 Å². The van der Waals surface area contributed by atoms with Crippen LogP contribution >= 0.6 is 0 Å². The molecular weight excluding hydrogens is 277 g/mol. The van der Waals surface area contributed by atoms with Crippen LogP contribution in [-0.4, -0.2) is 35.3 Å². The average molecular weight is 293 g/mol. The van der Waals surface area contributed by atoms with Crippen molar-refractivity contribution in [2.75, 3.05) is 11.9 Å². The number of urea groups is 1. The van der Waals surface area contributed by atoms with Gasteiger partial charge in [-0.2, -0.15) is 0 Å². The molecule has 2 N–H and O–H groups in total. The molecule has 0 spiro atoms. The van der Waals surface area contributed by atoms with Gasteiger partial charge in [0.25, 0.3) is 5.91 Å². The lowest BCUT2D eigenvalue weighted by atomic mass is 10.1. The van der Waals surface area contributed by atoms with Crippen LogP contribution in [-0.2, 0) is 9.59 Å². The molecule has 1 aromatic rings. The van der Waals surface area contributed by atoms with Crippen LogP contribution in [0.5, 0.6) is 0 Å². The van der Waals surface area contributed by atoms with Crippen LogP contribution < -0.4 is 10.6 Å². The molecule has 2 rings (SSSR count). The van der Waals surface area contributed by atoms with Gasteiger partial charge in [-0.15, -0.1) is 0 Å². The van der Waals surface area contributed by atoms with Gasteiger partial charge in [-0.1, -0.05) is 19.9 Å². The summed E-state index contributed by atoms with van der Waals surface area (Å²) in [6.45, 7) is 3.21. The third-order valence-corrected chi connectivity index (χ3v) is 3.13. The number of carbonyl (C=O) groups excluding carboxylic acids is 3. The van der Waals surface area contributed by atoms with Crippen molar-refractivity contribution in [1.82, 2.24) is 10.2 Å². The van der Waals surface area contributed by atoms with Crippen molar-refractivity contribution in [1.29, 1.82) is 0 Å². The van der Waals surface area contributed by atoms with Gasteiger partial charge in [-0.3, -0.25) is 14.5 Å². The first-order chi connectivity index (χ1) is 9.88. The second kappa shape index (κ2) is 5.90. The Balaban J connectivity index is 2.00. The first-order valence-electron chi connectivity index (χ1n) is 6.56. The molecule has 1 heterocycles. The first-order valence-corrected chi connectivity index (χ1v) is 6.56.